The Kier molecular flexibility index (Phi) is 5.13. The number of hydrogen-bond donors (Lipinski definition) is 2. The third-order valence-electron chi connectivity index (χ3n) is 3.42. The fraction of sp³-hybridized carbons (Fsp3) is 0.500. The fourth-order valence-corrected chi connectivity index (χ4v) is 2.42. The Balaban J connectivity index is 1.77. The highest BCUT2D eigenvalue weighted by Crippen LogP contribution is 2.16. The summed E-state index contributed by atoms with van der Waals surface area (Å²) in [5.41, 5.74) is 6.41. The first-order valence-electron chi connectivity index (χ1n) is 6.55. The molecule has 1 heterocycles. The third kappa shape index (κ3) is 4.16. The number of thiocarbonyl (C=S) groups is 1. The van der Waals surface area contributed by atoms with Gasteiger partial charge >= 0.3 is 0 Å². The van der Waals surface area contributed by atoms with Crippen LogP contribution in [0.1, 0.15) is 12.0 Å². The van der Waals surface area contributed by atoms with Gasteiger partial charge in [0.2, 0.25) is 0 Å². The molecule has 0 aliphatic carbocycles. The van der Waals surface area contributed by atoms with E-state index in [-0.39, 0.29) is 6.61 Å². The van der Waals surface area contributed by atoms with E-state index in [0.29, 0.717) is 17.5 Å². The molecule has 2 rings (SSSR count). The summed E-state index contributed by atoms with van der Waals surface area (Å²) in [4.78, 5) is 2.70. The molecular weight excluding hydrogens is 260 g/mol. The van der Waals surface area contributed by atoms with Gasteiger partial charge in [-0.2, -0.15) is 0 Å². The number of likely N-dealkylation sites (tertiary alicyclic amines) is 1. The summed E-state index contributed by atoms with van der Waals surface area (Å²) in [6, 6.07) is 7.54. The lowest BCUT2D eigenvalue weighted by molar-refractivity contribution is 0.204. The number of aliphatic hydroxyl groups is 1. The van der Waals surface area contributed by atoms with Crippen molar-refractivity contribution in [3.05, 3.63) is 29.8 Å². The van der Waals surface area contributed by atoms with Crippen molar-refractivity contribution in [1.29, 1.82) is 0 Å². The molecule has 1 unspecified atom stereocenters. The summed E-state index contributed by atoms with van der Waals surface area (Å²) in [7, 11) is 0. The summed E-state index contributed by atoms with van der Waals surface area (Å²) in [6.45, 7) is 3.81. The second-order valence-electron chi connectivity index (χ2n) is 4.88. The van der Waals surface area contributed by atoms with Gasteiger partial charge in [-0.25, -0.2) is 0 Å². The van der Waals surface area contributed by atoms with Crippen LogP contribution in [0.2, 0.25) is 0 Å². The molecule has 0 aromatic heterocycles. The Hall–Kier alpha value is -1.17. The van der Waals surface area contributed by atoms with Crippen molar-refractivity contribution >= 4 is 17.2 Å². The van der Waals surface area contributed by atoms with Crippen molar-refractivity contribution < 1.29 is 9.84 Å². The first-order chi connectivity index (χ1) is 9.19. The van der Waals surface area contributed by atoms with Crippen molar-refractivity contribution in [2.24, 2.45) is 11.7 Å². The summed E-state index contributed by atoms with van der Waals surface area (Å²) in [5, 5.41) is 9.09. The van der Waals surface area contributed by atoms with E-state index in [1.54, 1.807) is 0 Å². The maximum atomic E-state index is 9.09. The molecule has 5 heteroatoms. The van der Waals surface area contributed by atoms with Crippen LogP contribution < -0.4 is 10.5 Å². The average Bonchev–Trinajstić information content (AvgIpc) is 2.87. The number of benzene rings is 1. The van der Waals surface area contributed by atoms with Gasteiger partial charge in [-0.3, -0.25) is 4.90 Å². The number of aliphatic hydroxyl groups excluding tert-OH is 1. The zero-order valence-corrected chi connectivity index (χ0v) is 11.7. The molecule has 1 aliphatic heterocycles. The predicted octanol–water partition coefficient (Wildman–Crippen LogP) is 1.01. The maximum absolute atomic E-state index is 9.09. The Morgan fingerprint density at radius 2 is 2.37 bits per heavy atom. The average molecular weight is 280 g/mol. The SMILES string of the molecule is NC(=S)c1cccc(OCCN2CCC(CO)C2)c1. The number of nitrogens with zero attached hydrogens (tertiary/aromatic N) is 1. The molecule has 1 aromatic carbocycles. The maximum Gasteiger partial charge on any atom is 0.120 e. The molecule has 1 atom stereocenters. The summed E-state index contributed by atoms with van der Waals surface area (Å²) in [6.07, 6.45) is 1.08. The van der Waals surface area contributed by atoms with Crippen LogP contribution >= 0.6 is 12.2 Å². The third-order valence-corrected chi connectivity index (χ3v) is 3.66. The minimum atomic E-state index is 0.285. The molecule has 0 radical (unpaired) electrons. The van der Waals surface area contributed by atoms with Crippen molar-refractivity contribution in [3.8, 4) is 5.75 Å². The fourth-order valence-electron chi connectivity index (χ4n) is 2.30. The van der Waals surface area contributed by atoms with E-state index in [2.05, 4.69) is 4.90 Å². The lowest BCUT2D eigenvalue weighted by Crippen LogP contribution is -2.26. The van der Waals surface area contributed by atoms with Crippen LogP contribution in [-0.2, 0) is 0 Å². The number of nitrogens with two attached hydrogens (primary N) is 1. The Morgan fingerprint density at radius 1 is 1.53 bits per heavy atom. The lowest BCUT2D eigenvalue weighted by Gasteiger charge is -2.16. The van der Waals surface area contributed by atoms with Crippen molar-refractivity contribution in [2.45, 2.75) is 6.42 Å². The second kappa shape index (κ2) is 6.84. The topological polar surface area (TPSA) is 58.7 Å². The number of ether oxygens (including phenoxy) is 1. The predicted molar refractivity (Wildman–Crippen MR) is 79.5 cm³/mol. The summed E-state index contributed by atoms with van der Waals surface area (Å²) < 4.78 is 5.71. The molecule has 104 valence electrons. The van der Waals surface area contributed by atoms with Gasteiger partial charge in [0.15, 0.2) is 0 Å². The quantitative estimate of drug-likeness (QED) is 0.762. The molecule has 1 aliphatic rings. The molecule has 3 N–H and O–H groups in total. The normalized spacial score (nSPS) is 19.5. The first-order valence-corrected chi connectivity index (χ1v) is 6.95. The van der Waals surface area contributed by atoms with E-state index in [4.69, 9.17) is 27.8 Å². The van der Waals surface area contributed by atoms with Crippen molar-refractivity contribution in [2.75, 3.05) is 32.8 Å². The van der Waals surface area contributed by atoms with E-state index >= 15 is 0 Å². The van der Waals surface area contributed by atoms with Crippen molar-refractivity contribution in [3.63, 3.8) is 0 Å². The molecule has 1 aromatic rings. The minimum absolute atomic E-state index is 0.285. The highest BCUT2D eigenvalue weighted by Gasteiger charge is 2.21. The smallest absolute Gasteiger partial charge is 0.120 e. The highest BCUT2D eigenvalue weighted by molar-refractivity contribution is 7.80. The molecule has 1 saturated heterocycles. The van der Waals surface area contributed by atoms with E-state index < -0.39 is 0 Å². The second-order valence-corrected chi connectivity index (χ2v) is 5.32. The van der Waals surface area contributed by atoms with Gasteiger partial charge in [-0.1, -0.05) is 24.4 Å². The van der Waals surface area contributed by atoms with Crippen LogP contribution in [-0.4, -0.2) is 47.8 Å². The molecule has 0 spiro atoms. The molecule has 0 bridgehead atoms. The van der Waals surface area contributed by atoms with Crippen LogP contribution in [0.5, 0.6) is 5.75 Å². The van der Waals surface area contributed by atoms with Gasteiger partial charge in [-0.05, 0) is 31.0 Å². The standard InChI is InChI=1S/C14H20N2O2S/c15-14(19)12-2-1-3-13(8-12)18-7-6-16-5-4-11(9-16)10-17/h1-3,8,11,17H,4-7,9-10H2,(H2,15,19). The van der Waals surface area contributed by atoms with E-state index in [0.717, 1.165) is 37.4 Å². The minimum Gasteiger partial charge on any atom is -0.492 e. The monoisotopic (exact) mass is 280 g/mol. The summed E-state index contributed by atoms with van der Waals surface area (Å²) in [5.74, 6) is 1.22. The largest absolute Gasteiger partial charge is 0.492 e. The summed E-state index contributed by atoms with van der Waals surface area (Å²) >= 11 is 4.94. The van der Waals surface area contributed by atoms with E-state index in [1.165, 1.54) is 0 Å². The van der Waals surface area contributed by atoms with Gasteiger partial charge < -0.3 is 15.6 Å². The molecule has 0 saturated carbocycles. The molecular formula is C14H20N2O2S. The Morgan fingerprint density at radius 3 is 3.05 bits per heavy atom. The van der Waals surface area contributed by atoms with E-state index in [9.17, 15) is 0 Å². The highest BCUT2D eigenvalue weighted by atomic mass is 32.1. The van der Waals surface area contributed by atoms with Crippen LogP contribution in [0.15, 0.2) is 24.3 Å². The van der Waals surface area contributed by atoms with Gasteiger partial charge in [0.05, 0.1) is 0 Å². The van der Waals surface area contributed by atoms with Gasteiger partial charge in [-0.15, -0.1) is 0 Å². The van der Waals surface area contributed by atoms with Gasteiger partial charge in [0.1, 0.15) is 17.3 Å². The zero-order valence-electron chi connectivity index (χ0n) is 10.9. The Labute approximate surface area is 119 Å². The van der Waals surface area contributed by atoms with E-state index in [1.807, 2.05) is 24.3 Å². The van der Waals surface area contributed by atoms with Crippen LogP contribution in [0.3, 0.4) is 0 Å². The molecule has 1 fully saturated rings. The zero-order chi connectivity index (χ0) is 13.7. The molecule has 19 heavy (non-hydrogen) atoms. The van der Waals surface area contributed by atoms with Gasteiger partial charge in [0, 0.05) is 25.3 Å². The van der Waals surface area contributed by atoms with Crippen LogP contribution in [0, 0.1) is 5.92 Å². The van der Waals surface area contributed by atoms with Crippen LogP contribution in [0.25, 0.3) is 0 Å². The van der Waals surface area contributed by atoms with Gasteiger partial charge in [0.25, 0.3) is 0 Å². The Bertz CT molecular complexity index is 439. The molecule has 0 amide bonds. The number of hydrogen-bond acceptors (Lipinski definition) is 4. The number of rotatable bonds is 6. The molecule has 4 nitrogen and oxygen atoms in total. The lowest BCUT2D eigenvalue weighted by atomic mass is 10.1. The first kappa shape index (κ1) is 14.2. The van der Waals surface area contributed by atoms with Crippen molar-refractivity contribution in [1.82, 2.24) is 4.90 Å². The van der Waals surface area contributed by atoms with Crippen LogP contribution in [0.4, 0.5) is 0 Å².